The Morgan fingerprint density at radius 3 is 2.65 bits per heavy atom. The highest BCUT2D eigenvalue weighted by Gasteiger charge is 2.29. The number of nitro benzene ring substituents is 1. The lowest BCUT2D eigenvalue weighted by Crippen LogP contribution is -1.97. The first-order valence-corrected chi connectivity index (χ1v) is 7.39. The molecule has 20 heavy (non-hydrogen) atoms. The third-order valence-corrected chi connectivity index (χ3v) is 4.42. The van der Waals surface area contributed by atoms with E-state index in [1.165, 1.54) is 25.0 Å². The van der Waals surface area contributed by atoms with E-state index in [2.05, 4.69) is 10.2 Å². The molecule has 1 aromatic heterocycles. The molecule has 0 unspecified atom stereocenters. The predicted molar refractivity (Wildman–Crippen MR) is 75.6 cm³/mol. The average Bonchev–Trinajstić information content (AvgIpc) is 3.22. The molecule has 0 atom stereocenters. The standard InChI is InChI=1S/C13H14N4O2S/c1-16-12(10-4-5-10)14-15-13(16)20-8-9-2-6-11(7-3-9)17(18)19/h2-3,6-7,10H,4-5,8H2,1H3. The molecule has 3 rings (SSSR count). The summed E-state index contributed by atoms with van der Waals surface area (Å²) in [6.07, 6.45) is 2.41. The number of aromatic nitrogens is 3. The molecule has 1 heterocycles. The van der Waals surface area contributed by atoms with Crippen LogP contribution in [0.4, 0.5) is 5.69 Å². The van der Waals surface area contributed by atoms with Gasteiger partial charge >= 0.3 is 0 Å². The lowest BCUT2D eigenvalue weighted by molar-refractivity contribution is -0.384. The molecule has 0 bridgehead atoms. The largest absolute Gasteiger partial charge is 0.309 e. The summed E-state index contributed by atoms with van der Waals surface area (Å²) < 4.78 is 2.05. The maximum absolute atomic E-state index is 10.6. The third-order valence-electron chi connectivity index (χ3n) is 3.33. The molecule has 7 heteroatoms. The van der Waals surface area contributed by atoms with Gasteiger partial charge in [-0.25, -0.2) is 0 Å². The van der Waals surface area contributed by atoms with Gasteiger partial charge in [-0.3, -0.25) is 10.1 Å². The van der Waals surface area contributed by atoms with Gasteiger partial charge in [-0.05, 0) is 18.4 Å². The molecular weight excluding hydrogens is 276 g/mol. The summed E-state index contributed by atoms with van der Waals surface area (Å²) in [5.74, 6) is 2.38. The third kappa shape index (κ3) is 2.67. The van der Waals surface area contributed by atoms with Crippen molar-refractivity contribution in [3.05, 3.63) is 45.8 Å². The highest BCUT2D eigenvalue weighted by Crippen LogP contribution is 2.39. The zero-order valence-corrected chi connectivity index (χ0v) is 11.8. The first-order chi connectivity index (χ1) is 9.65. The van der Waals surface area contributed by atoms with Crippen molar-refractivity contribution in [2.45, 2.75) is 29.7 Å². The van der Waals surface area contributed by atoms with Gasteiger partial charge in [0.2, 0.25) is 0 Å². The van der Waals surface area contributed by atoms with Gasteiger partial charge in [0.05, 0.1) is 4.92 Å². The predicted octanol–water partition coefficient (Wildman–Crippen LogP) is 2.89. The van der Waals surface area contributed by atoms with Crippen molar-refractivity contribution in [3.8, 4) is 0 Å². The van der Waals surface area contributed by atoms with Gasteiger partial charge in [0, 0.05) is 30.9 Å². The van der Waals surface area contributed by atoms with Crippen molar-refractivity contribution in [2.24, 2.45) is 7.05 Å². The van der Waals surface area contributed by atoms with Crippen molar-refractivity contribution in [2.75, 3.05) is 0 Å². The van der Waals surface area contributed by atoms with Crippen LogP contribution < -0.4 is 0 Å². The minimum atomic E-state index is -0.387. The summed E-state index contributed by atoms with van der Waals surface area (Å²) in [6.45, 7) is 0. The van der Waals surface area contributed by atoms with Crippen molar-refractivity contribution in [1.82, 2.24) is 14.8 Å². The number of hydrogen-bond donors (Lipinski definition) is 0. The summed E-state index contributed by atoms with van der Waals surface area (Å²) in [6, 6.07) is 6.62. The molecular formula is C13H14N4O2S. The van der Waals surface area contributed by atoms with Crippen molar-refractivity contribution in [1.29, 1.82) is 0 Å². The van der Waals surface area contributed by atoms with Gasteiger partial charge in [-0.1, -0.05) is 23.9 Å². The van der Waals surface area contributed by atoms with Crippen molar-refractivity contribution < 1.29 is 4.92 Å². The second-order valence-electron chi connectivity index (χ2n) is 4.89. The fourth-order valence-electron chi connectivity index (χ4n) is 2.01. The molecule has 1 fully saturated rings. The van der Waals surface area contributed by atoms with E-state index in [0.29, 0.717) is 5.92 Å². The summed E-state index contributed by atoms with van der Waals surface area (Å²) in [7, 11) is 1.99. The number of non-ortho nitro benzene ring substituents is 1. The Hall–Kier alpha value is -1.89. The van der Waals surface area contributed by atoms with Crippen LogP contribution in [0, 0.1) is 10.1 Å². The number of benzene rings is 1. The Bertz CT molecular complexity index is 634. The van der Waals surface area contributed by atoms with E-state index in [1.807, 2.05) is 11.6 Å². The van der Waals surface area contributed by atoms with Crippen LogP contribution in [0.5, 0.6) is 0 Å². The zero-order valence-electron chi connectivity index (χ0n) is 11.0. The second-order valence-corrected chi connectivity index (χ2v) is 5.83. The minimum absolute atomic E-state index is 0.119. The van der Waals surface area contributed by atoms with Crippen LogP contribution in [0.2, 0.25) is 0 Å². The van der Waals surface area contributed by atoms with Crippen LogP contribution in [0.3, 0.4) is 0 Å². The van der Waals surface area contributed by atoms with Gasteiger partial charge in [0.15, 0.2) is 5.16 Å². The Morgan fingerprint density at radius 2 is 2.05 bits per heavy atom. The first kappa shape index (κ1) is 13.1. The van der Waals surface area contributed by atoms with E-state index in [-0.39, 0.29) is 10.6 Å². The quantitative estimate of drug-likeness (QED) is 0.481. The Balaban J connectivity index is 1.65. The molecule has 0 aliphatic heterocycles. The van der Waals surface area contributed by atoms with E-state index in [9.17, 15) is 10.1 Å². The summed E-state index contributed by atoms with van der Waals surface area (Å²) in [4.78, 5) is 10.2. The van der Waals surface area contributed by atoms with Gasteiger partial charge in [0.25, 0.3) is 5.69 Å². The first-order valence-electron chi connectivity index (χ1n) is 6.40. The summed E-state index contributed by atoms with van der Waals surface area (Å²) >= 11 is 1.60. The van der Waals surface area contributed by atoms with E-state index in [1.54, 1.807) is 23.9 Å². The highest BCUT2D eigenvalue weighted by atomic mass is 32.2. The molecule has 1 aromatic carbocycles. The Morgan fingerprint density at radius 1 is 1.35 bits per heavy atom. The van der Waals surface area contributed by atoms with Gasteiger partial charge < -0.3 is 4.57 Å². The van der Waals surface area contributed by atoms with Crippen LogP contribution in [-0.4, -0.2) is 19.7 Å². The number of rotatable bonds is 5. The Kier molecular flexibility index (Phi) is 3.43. The minimum Gasteiger partial charge on any atom is -0.309 e. The molecule has 104 valence electrons. The summed E-state index contributed by atoms with van der Waals surface area (Å²) in [5.41, 5.74) is 1.16. The highest BCUT2D eigenvalue weighted by molar-refractivity contribution is 7.98. The Labute approximate surface area is 120 Å². The zero-order chi connectivity index (χ0) is 14.1. The smallest absolute Gasteiger partial charge is 0.269 e. The summed E-state index contributed by atoms with van der Waals surface area (Å²) in [5, 5.41) is 19.9. The van der Waals surface area contributed by atoms with Crippen LogP contribution in [0.15, 0.2) is 29.4 Å². The van der Waals surface area contributed by atoms with Gasteiger partial charge in [0.1, 0.15) is 5.82 Å². The van der Waals surface area contributed by atoms with Crippen LogP contribution >= 0.6 is 11.8 Å². The molecule has 0 radical (unpaired) electrons. The van der Waals surface area contributed by atoms with Gasteiger partial charge in [-0.15, -0.1) is 10.2 Å². The van der Waals surface area contributed by atoms with E-state index >= 15 is 0 Å². The molecule has 2 aromatic rings. The fraction of sp³-hybridized carbons (Fsp3) is 0.385. The number of nitro groups is 1. The number of hydrogen-bond acceptors (Lipinski definition) is 5. The molecule has 1 saturated carbocycles. The maximum Gasteiger partial charge on any atom is 0.269 e. The topological polar surface area (TPSA) is 73.8 Å². The fourth-order valence-corrected chi connectivity index (χ4v) is 2.88. The van der Waals surface area contributed by atoms with Crippen LogP contribution in [0.25, 0.3) is 0 Å². The molecule has 0 N–H and O–H groups in total. The maximum atomic E-state index is 10.6. The van der Waals surface area contributed by atoms with E-state index < -0.39 is 0 Å². The lowest BCUT2D eigenvalue weighted by atomic mass is 10.2. The number of thioether (sulfide) groups is 1. The normalized spacial score (nSPS) is 14.4. The lowest BCUT2D eigenvalue weighted by Gasteiger charge is -2.03. The molecule has 1 aliphatic rings. The van der Waals surface area contributed by atoms with Crippen LogP contribution in [0.1, 0.15) is 30.1 Å². The molecule has 0 amide bonds. The molecule has 1 aliphatic carbocycles. The molecule has 6 nitrogen and oxygen atoms in total. The van der Waals surface area contributed by atoms with Crippen molar-refractivity contribution in [3.63, 3.8) is 0 Å². The average molecular weight is 290 g/mol. The molecule has 0 saturated heterocycles. The van der Waals surface area contributed by atoms with E-state index in [0.717, 1.165) is 22.3 Å². The SMILES string of the molecule is Cn1c(SCc2ccc([N+](=O)[O-])cc2)nnc1C1CC1. The number of nitrogens with zero attached hydrogens (tertiary/aromatic N) is 4. The van der Waals surface area contributed by atoms with E-state index in [4.69, 9.17) is 0 Å². The van der Waals surface area contributed by atoms with Crippen LogP contribution in [-0.2, 0) is 12.8 Å². The van der Waals surface area contributed by atoms with Gasteiger partial charge in [-0.2, -0.15) is 0 Å². The monoisotopic (exact) mass is 290 g/mol. The van der Waals surface area contributed by atoms with Crippen molar-refractivity contribution >= 4 is 17.4 Å². The second kappa shape index (κ2) is 5.24. The molecule has 0 spiro atoms.